The second-order valence-corrected chi connectivity index (χ2v) is 6.04. The van der Waals surface area contributed by atoms with E-state index in [1.54, 1.807) is 0 Å². The standard InChI is InChI=1S/C18H12IN/c19-15-9-5-11-17-18(15)14-8-2-1-6-12(14)13-7-3-4-10-16(13)20-17/h1-11,20H. The lowest BCUT2D eigenvalue weighted by atomic mass is 9.95. The zero-order valence-corrected chi connectivity index (χ0v) is 12.9. The van der Waals surface area contributed by atoms with Gasteiger partial charge in [0.1, 0.15) is 0 Å². The van der Waals surface area contributed by atoms with Crippen molar-refractivity contribution in [3.63, 3.8) is 0 Å². The minimum Gasteiger partial charge on any atom is -0.354 e. The number of hydrogen-bond donors (Lipinski definition) is 1. The van der Waals surface area contributed by atoms with E-state index in [0.717, 1.165) is 0 Å². The maximum Gasteiger partial charge on any atom is 0.0475 e. The summed E-state index contributed by atoms with van der Waals surface area (Å²) < 4.78 is 1.27. The fourth-order valence-electron chi connectivity index (χ4n) is 2.81. The van der Waals surface area contributed by atoms with Gasteiger partial charge in [-0.3, -0.25) is 0 Å². The summed E-state index contributed by atoms with van der Waals surface area (Å²) in [4.78, 5) is 0. The van der Waals surface area contributed by atoms with Crippen molar-refractivity contribution in [2.24, 2.45) is 0 Å². The molecule has 0 radical (unpaired) electrons. The number of hydrogen-bond acceptors (Lipinski definition) is 1. The van der Waals surface area contributed by atoms with Crippen LogP contribution in [0.4, 0.5) is 11.4 Å². The summed E-state index contributed by atoms with van der Waals surface area (Å²) in [6, 6.07) is 23.5. The summed E-state index contributed by atoms with van der Waals surface area (Å²) in [6.07, 6.45) is 0. The third-order valence-corrected chi connectivity index (χ3v) is 4.60. The Labute approximate surface area is 131 Å². The molecule has 1 aliphatic heterocycles. The van der Waals surface area contributed by atoms with Gasteiger partial charge in [-0.1, -0.05) is 48.5 Å². The molecule has 0 fully saturated rings. The Morgan fingerprint density at radius 3 is 2.10 bits per heavy atom. The summed E-state index contributed by atoms with van der Waals surface area (Å²) in [5.41, 5.74) is 7.48. The monoisotopic (exact) mass is 369 g/mol. The summed E-state index contributed by atoms with van der Waals surface area (Å²) in [5, 5.41) is 3.59. The van der Waals surface area contributed by atoms with Gasteiger partial charge in [0.05, 0.1) is 0 Å². The highest BCUT2D eigenvalue weighted by Crippen LogP contribution is 2.45. The quantitative estimate of drug-likeness (QED) is 0.393. The van der Waals surface area contributed by atoms with Crippen molar-refractivity contribution >= 4 is 34.0 Å². The van der Waals surface area contributed by atoms with E-state index in [9.17, 15) is 0 Å². The summed E-state index contributed by atoms with van der Waals surface area (Å²) >= 11 is 2.42. The molecule has 0 aliphatic carbocycles. The molecule has 0 bridgehead atoms. The molecule has 0 atom stereocenters. The van der Waals surface area contributed by atoms with Crippen molar-refractivity contribution in [3.05, 3.63) is 70.3 Å². The third-order valence-electron chi connectivity index (χ3n) is 3.70. The molecule has 0 amide bonds. The van der Waals surface area contributed by atoms with Crippen LogP contribution >= 0.6 is 22.6 Å². The first-order valence-electron chi connectivity index (χ1n) is 6.59. The van der Waals surface area contributed by atoms with Crippen LogP contribution in [-0.2, 0) is 0 Å². The Balaban J connectivity index is 2.15. The molecular formula is C18H12IN. The van der Waals surface area contributed by atoms with Crippen LogP contribution in [0.1, 0.15) is 0 Å². The Morgan fingerprint density at radius 2 is 1.25 bits per heavy atom. The van der Waals surface area contributed by atoms with Gasteiger partial charge in [0.2, 0.25) is 0 Å². The number of anilines is 2. The van der Waals surface area contributed by atoms with Crippen molar-refractivity contribution in [1.29, 1.82) is 0 Å². The Bertz CT molecular complexity index is 808. The predicted molar refractivity (Wildman–Crippen MR) is 93.3 cm³/mol. The minimum atomic E-state index is 1.17. The van der Waals surface area contributed by atoms with E-state index in [-0.39, 0.29) is 0 Å². The van der Waals surface area contributed by atoms with Gasteiger partial charge in [0.25, 0.3) is 0 Å². The topological polar surface area (TPSA) is 12.0 Å². The van der Waals surface area contributed by atoms with Crippen LogP contribution in [0.2, 0.25) is 0 Å². The molecule has 0 saturated heterocycles. The molecule has 3 aromatic rings. The highest BCUT2D eigenvalue weighted by Gasteiger charge is 2.19. The van der Waals surface area contributed by atoms with E-state index in [0.29, 0.717) is 0 Å². The van der Waals surface area contributed by atoms with Gasteiger partial charge in [0, 0.05) is 26.1 Å². The van der Waals surface area contributed by atoms with Crippen LogP contribution in [0.3, 0.4) is 0 Å². The second kappa shape index (κ2) is 4.63. The van der Waals surface area contributed by atoms with E-state index >= 15 is 0 Å². The Kier molecular flexibility index (Phi) is 2.77. The van der Waals surface area contributed by atoms with Crippen LogP contribution in [0.5, 0.6) is 0 Å². The zero-order chi connectivity index (χ0) is 13.5. The van der Waals surface area contributed by atoms with E-state index in [1.165, 1.54) is 37.2 Å². The number of nitrogens with one attached hydrogen (secondary N) is 1. The van der Waals surface area contributed by atoms with Gasteiger partial charge in [0.15, 0.2) is 0 Å². The molecule has 3 aromatic carbocycles. The number of rotatable bonds is 0. The van der Waals surface area contributed by atoms with Crippen molar-refractivity contribution < 1.29 is 0 Å². The largest absolute Gasteiger partial charge is 0.354 e. The van der Waals surface area contributed by atoms with Crippen LogP contribution in [0.15, 0.2) is 66.7 Å². The molecule has 20 heavy (non-hydrogen) atoms. The van der Waals surface area contributed by atoms with Gasteiger partial charge in [-0.25, -0.2) is 0 Å². The van der Waals surface area contributed by atoms with Crippen LogP contribution in [0.25, 0.3) is 22.3 Å². The first kappa shape index (κ1) is 12.0. The van der Waals surface area contributed by atoms with Crippen molar-refractivity contribution in [2.75, 3.05) is 5.32 Å². The van der Waals surface area contributed by atoms with Crippen molar-refractivity contribution in [3.8, 4) is 22.3 Å². The zero-order valence-electron chi connectivity index (χ0n) is 10.7. The van der Waals surface area contributed by atoms with Crippen LogP contribution < -0.4 is 5.32 Å². The van der Waals surface area contributed by atoms with Gasteiger partial charge in [-0.2, -0.15) is 0 Å². The molecule has 0 unspecified atom stereocenters. The number of para-hydroxylation sites is 1. The summed E-state index contributed by atoms with van der Waals surface area (Å²) in [5.74, 6) is 0. The lowest BCUT2D eigenvalue weighted by Gasteiger charge is -2.11. The first-order valence-corrected chi connectivity index (χ1v) is 7.67. The molecule has 1 aliphatic rings. The molecule has 1 nitrogen and oxygen atoms in total. The fraction of sp³-hybridized carbons (Fsp3) is 0. The number of fused-ring (bicyclic) bond motifs is 5. The van der Waals surface area contributed by atoms with Crippen LogP contribution in [0, 0.1) is 3.57 Å². The lowest BCUT2D eigenvalue weighted by Crippen LogP contribution is -1.92. The van der Waals surface area contributed by atoms with Crippen molar-refractivity contribution in [2.45, 2.75) is 0 Å². The van der Waals surface area contributed by atoms with E-state index in [1.807, 2.05) is 0 Å². The molecule has 96 valence electrons. The molecule has 0 saturated carbocycles. The SMILES string of the molecule is Ic1cccc2c1-c1ccccc1-c1ccccc1N2. The molecule has 4 rings (SSSR count). The number of halogens is 1. The van der Waals surface area contributed by atoms with Crippen LogP contribution in [-0.4, -0.2) is 0 Å². The Hall–Kier alpha value is -1.81. The molecule has 2 heteroatoms. The highest BCUT2D eigenvalue weighted by atomic mass is 127. The predicted octanol–water partition coefficient (Wildman–Crippen LogP) is 5.68. The minimum absolute atomic E-state index is 1.17. The highest BCUT2D eigenvalue weighted by molar-refractivity contribution is 14.1. The van der Waals surface area contributed by atoms with E-state index in [2.05, 4.69) is 94.6 Å². The molecule has 0 spiro atoms. The molecular weight excluding hydrogens is 357 g/mol. The normalized spacial score (nSPS) is 11.7. The smallest absolute Gasteiger partial charge is 0.0475 e. The van der Waals surface area contributed by atoms with Gasteiger partial charge in [-0.15, -0.1) is 0 Å². The maximum atomic E-state index is 3.59. The molecule has 1 N–H and O–H groups in total. The summed E-state index contributed by atoms with van der Waals surface area (Å²) in [6.45, 7) is 0. The van der Waals surface area contributed by atoms with Gasteiger partial charge < -0.3 is 5.32 Å². The maximum absolute atomic E-state index is 3.59. The van der Waals surface area contributed by atoms with Gasteiger partial charge >= 0.3 is 0 Å². The lowest BCUT2D eigenvalue weighted by molar-refractivity contribution is 1.55. The number of benzene rings is 3. The average molecular weight is 369 g/mol. The van der Waals surface area contributed by atoms with Gasteiger partial charge in [-0.05, 0) is 51.9 Å². The summed E-state index contributed by atoms with van der Waals surface area (Å²) in [7, 11) is 0. The third kappa shape index (κ3) is 1.75. The van der Waals surface area contributed by atoms with E-state index in [4.69, 9.17) is 0 Å². The fourth-order valence-corrected chi connectivity index (χ4v) is 3.60. The average Bonchev–Trinajstić information content (AvgIpc) is 2.62. The first-order chi connectivity index (χ1) is 9.84. The Morgan fingerprint density at radius 1 is 0.600 bits per heavy atom. The second-order valence-electron chi connectivity index (χ2n) is 4.88. The molecule has 1 heterocycles. The van der Waals surface area contributed by atoms with E-state index < -0.39 is 0 Å². The molecule has 0 aromatic heterocycles. The van der Waals surface area contributed by atoms with Crippen molar-refractivity contribution in [1.82, 2.24) is 0 Å².